The fraction of sp³-hybridized carbons (Fsp3) is 0.583. The van der Waals surface area contributed by atoms with Crippen LogP contribution < -0.4 is 0 Å². The largest absolute Gasteiger partial charge is 0.394 e. The molecule has 6 heteroatoms. The molecule has 1 heterocycles. The highest BCUT2D eigenvalue weighted by Crippen LogP contribution is 2.06. The standard InChI is InChI=1S/C12H19N3O3/c1-10(2)15(5-7-18-8-6-16)12(17)11-3-4-13-14-9-11/h3-4,9-10,16H,5-8H2,1-2H3. The molecule has 1 aromatic heterocycles. The highest BCUT2D eigenvalue weighted by atomic mass is 16.5. The van der Waals surface area contributed by atoms with Crippen LogP contribution in [0.2, 0.25) is 0 Å². The Kier molecular flexibility index (Phi) is 6.24. The Morgan fingerprint density at radius 3 is 2.78 bits per heavy atom. The minimum atomic E-state index is -0.0903. The van der Waals surface area contributed by atoms with Crippen molar-refractivity contribution >= 4 is 5.91 Å². The Hall–Kier alpha value is -1.53. The second kappa shape index (κ2) is 7.73. The number of carbonyl (C=O) groups is 1. The van der Waals surface area contributed by atoms with Gasteiger partial charge in [0.25, 0.3) is 5.91 Å². The van der Waals surface area contributed by atoms with Gasteiger partial charge in [-0.05, 0) is 19.9 Å². The van der Waals surface area contributed by atoms with Crippen LogP contribution in [0.15, 0.2) is 18.5 Å². The van der Waals surface area contributed by atoms with Gasteiger partial charge in [0, 0.05) is 12.6 Å². The van der Waals surface area contributed by atoms with E-state index < -0.39 is 0 Å². The lowest BCUT2D eigenvalue weighted by Gasteiger charge is -2.26. The van der Waals surface area contributed by atoms with Crippen molar-refractivity contribution in [3.8, 4) is 0 Å². The van der Waals surface area contributed by atoms with Crippen molar-refractivity contribution in [2.75, 3.05) is 26.4 Å². The Morgan fingerprint density at radius 1 is 1.44 bits per heavy atom. The highest BCUT2D eigenvalue weighted by molar-refractivity contribution is 5.93. The predicted octanol–water partition coefficient (Wildman–Crippen LogP) is 0.336. The van der Waals surface area contributed by atoms with Gasteiger partial charge in [-0.3, -0.25) is 4.79 Å². The van der Waals surface area contributed by atoms with Gasteiger partial charge in [-0.1, -0.05) is 0 Å². The van der Waals surface area contributed by atoms with Crippen LogP contribution in [0.4, 0.5) is 0 Å². The van der Waals surface area contributed by atoms with Crippen LogP contribution in [-0.2, 0) is 4.74 Å². The molecule has 1 amide bonds. The fourth-order valence-electron chi connectivity index (χ4n) is 1.51. The minimum absolute atomic E-state index is 0.0100. The zero-order valence-corrected chi connectivity index (χ0v) is 10.7. The van der Waals surface area contributed by atoms with E-state index in [0.717, 1.165) is 0 Å². The van der Waals surface area contributed by atoms with Gasteiger partial charge < -0.3 is 14.7 Å². The third kappa shape index (κ3) is 4.38. The van der Waals surface area contributed by atoms with Gasteiger partial charge >= 0.3 is 0 Å². The van der Waals surface area contributed by atoms with Crippen LogP contribution in [0.5, 0.6) is 0 Å². The number of nitrogens with zero attached hydrogens (tertiary/aromatic N) is 3. The summed E-state index contributed by atoms with van der Waals surface area (Å²) in [7, 11) is 0. The first kappa shape index (κ1) is 14.5. The van der Waals surface area contributed by atoms with E-state index in [1.807, 2.05) is 13.8 Å². The second-order valence-electron chi connectivity index (χ2n) is 4.06. The molecule has 0 atom stereocenters. The van der Waals surface area contributed by atoms with Crippen LogP contribution in [0.3, 0.4) is 0 Å². The monoisotopic (exact) mass is 253 g/mol. The maximum Gasteiger partial charge on any atom is 0.255 e. The van der Waals surface area contributed by atoms with E-state index in [-0.39, 0.29) is 25.2 Å². The number of aromatic nitrogens is 2. The molecule has 0 aromatic carbocycles. The van der Waals surface area contributed by atoms with Crippen LogP contribution in [0.25, 0.3) is 0 Å². The molecule has 0 bridgehead atoms. The molecule has 18 heavy (non-hydrogen) atoms. The van der Waals surface area contributed by atoms with Crippen molar-refractivity contribution < 1.29 is 14.6 Å². The number of aliphatic hydroxyl groups is 1. The summed E-state index contributed by atoms with van der Waals surface area (Å²) in [4.78, 5) is 13.9. The number of hydrogen-bond donors (Lipinski definition) is 1. The molecule has 0 fully saturated rings. The summed E-state index contributed by atoms with van der Waals surface area (Å²) in [6, 6.07) is 1.71. The molecule has 0 saturated heterocycles. The van der Waals surface area contributed by atoms with E-state index >= 15 is 0 Å². The van der Waals surface area contributed by atoms with Crippen LogP contribution in [0, 0.1) is 0 Å². The number of amides is 1. The normalized spacial score (nSPS) is 10.7. The lowest BCUT2D eigenvalue weighted by atomic mass is 10.2. The molecule has 0 spiro atoms. The smallest absolute Gasteiger partial charge is 0.255 e. The lowest BCUT2D eigenvalue weighted by Crippen LogP contribution is -2.39. The van der Waals surface area contributed by atoms with Crippen molar-refractivity contribution in [2.24, 2.45) is 0 Å². The van der Waals surface area contributed by atoms with Crippen molar-refractivity contribution in [3.05, 3.63) is 24.0 Å². The molecule has 0 aliphatic carbocycles. The first-order chi connectivity index (χ1) is 8.66. The first-order valence-corrected chi connectivity index (χ1v) is 5.93. The maximum atomic E-state index is 12.2. The van der Waals surface area contributed by atoms with Crippen LogP contribution >= 0.6 is 0 Å². The molecule has 6 nitrogen and oxygen atoms in total. The third-order valence-electron chi connectivity index (χ3n) is 2.43. The van der Waals surface area contributed by atoms with Crippen LogP contribution in [-0.4, -0.2) is 58.5 Å². The molecule has 0 radical (unpaired) electrons. The molecule has 100 valence electrons. The number of rotatable bonds is 7. The Balaban J connectivity index is 2.59. The van der Waals surface area contributed by atoms with Gasteiger partial charge in [0.05, 0.1) is 37.8 Å². The summed E-state index contributed by atoms with van der Waals surface area (Å²) in [6.07, 6.45) is 2.94. The summed E-state index contributed by atoms with van der Waals surface area (Å²) in [5, 5.41) is 15.9. The van der Waals surface area contributed by atoms with Crippen LogP contribution in [0.1, 0.15) is 24.2 Å². The van der Waals surface area contributed by atoms with Crippen molar-refractivity contribution in [1.29, 1.82) is 0 Å². The summed E-state index contributed by atoms with van der Waals surface area (Å²) in [5.41, 5.74) is 0.515. The molecule has 0 aliphatic rings. The summed E-state index contributed by atoms with van der Waals surface area (Å²) < 4.78 is 5.18. The average molecular weight is 253 g/mol. The van der Waals surface area contributed by atoms with Crippen molar-refractivity contribution in [1.82, 2.24) is 15.1 Å². The zero-order valence-electron chi connectivity index (χ0n) is 10.7. The topological polar surface area (TPSA) is 75.6 Å². The molecule has 1 aromatic rings. The van der Waals surface area contributed by atoms with Gasteiger partial charge in [0.15, 0.2) is 0 Å². The molecular formula is C12H19N3O3. The van der Waals surface area contributed by atoms with Gasteiger partial charge in [-0.2, -0.15) is 10.2 Å². The number of aliphatic hydroxyl groups excluding tert-OH is 1. The fourth-order valence-corrected chi connectivity index (χ4v) is 1.51. The van der Waals surface area contributed by atoms with E-state index in [2.05, 4.69) is 10.2 Å². The SMILES string of the molecule is CC(C)N(CCOCCO)C(=O)c1ccnnc1. The predicted molar refractivity (Wildman–Crippen MR) is 66.1 cm³/mol. The molecule has 1 N–H and O–H groups in total. The van der Waals surface area contributed by atoms with Crippen molar-refractivity contribution in [3.63, 3.8) is 0 Å². The van der Waals surface area contributed by atoms with E-state index in [1.165, 1.54) is 12.4 Å². The third-order valence-corrected chi connectivity index (χ3v) is 2.43. The Bertz CT molecular complexity index is 357. The summed E-state index contributed by atoms with van der Waals surface area (Å²) in [5.74, 6) is -0.0903. The van der Waals surface area contributed by atoms with Gasteiger partial charge in [-0.15, -0.1) is 0 Å². The average Bonchev–Trinajstić information content (AvgIpc) is 2.39. The number of hydrogen-bond acceptors (Lipinski definition) is 5. The number of carbonyl (C=O) groups excluding carboxylic acids is 1. The van der Waals surface area contributed by atoms with Gasteiger partial charge in [-0.25, -0.2) is 0 Å². The zero-order chi connectivity index (χ0) is 13.4. The lowest BCUT2D eigenvalue weighted by molar-refractivity contribution is 0.0506. The molecule has 0 unspecified atom stereocenters. The Morgan fingerprint density at radius 2 is 2.22 bits per heavy atom. The molecule has 0 aliphatic heterocycles. The maximum absolute atomic E-state index is 12.2. The summed E-state index contributed by atoms with van der Waals surface area (Å²) in [6.45, 7) is 5.06. The molecule has 0 saturated carbocycles. The van der Waals surface area contributed by atoms with Crippen molar-refractivity contribution in [2.45, 2.75) is 19.9 Å². The van der Waals surface area contributed by atoms with Gasteiger partial charge in [0.2, 0.25) is 0 Å². The van der Waals surface area contributed by atoms with E-state index in [9.17, 15) is 4.79 Å². The van der Waals surface area contributed by atoms with Gasteiger partial charge in [0.1, 0.15) is 0 Å². The second-order valence-corrected chi connectivity index (χ2v) is 4.06. The van der Waals surface area contributed by atoms with E-state index in [1.54, 1.807) is 11.0 Å². The van der Waals surface area contributed by atoms with E-state index in [4.69, 9.17) is 9.84 Å². The quantitative estimate of drug-likeness (QED) is 0.709. The first-order valence-electron chi connectivity index (χ1n) is 5.93. The summed E-state index contributed by atoms with van der Waals surface area (Å²) >= 11 is 0. The van der Waals surface area contributed by atoms with E-state index in [0.29, 0.717) is 18.7 Å². The molecular weight excluding hydrogens is 234 g/mol. The highest BCUT2D eigenvalue weighted by Gasteiger charge is 2.18. The minimum Gasteiger partial charge on any atom is -0.394 e. The molecule has 1 rings (SSSR count). The number of ether oxygens (including phenoxy) is 1. The Labute approximate surface area is 107 Å².